The van der Waals surface area contributed by atoms with Crippen molar-refractivity contribution in [2.75, 3.05) is 0 Å². The van der Waals surface area contributed by atoms with Gasteiger partial charge in [-0.15, -0.1) is 11.3 Å². The average Bonchev–Trinajstić information content (AvgIpc) is 3.13. The van der Waals surface area contributed by atoms with E-state index in [1.54, 1.807) is 0 Å². The molecule has 25 heavy (non-hydrogen) atoms. The monoisotopic (exact) mass is 337 g/mol. The summed E-state index contributed by atoms with van der Waals surface area (Å²) < 4.78 is 1.38. The smallest absolute Gasteiger partial charge is 0.0652 e. The Kier molecular flexibility index (Phi) is 2.60. The molecule has 6 rings (SSSR count). The van der Waals surface area contributed by atoms with E-state index < -0.39 is 0 Å². The van der Waals surface area contributed by atoms with Gasteiger partial charge in [0.2, 0.25) is 0 Å². The number of rotatable bonds is 0. The lowest BCUT2D eigenvalue weighted by Gasteiger charge is -2.06. The molecule has 0 saturated carbocycles. The van der Waals surface area contributed by atoms with Gasteiger partial charge in [0.1, 0.15) is 0 Å². The third kappa shape index (κ3) is 1.72. The van der Waals surface area contributed by atoms with E-state index in [4.69, 9.17) is 0 Å². The number of nitrogens with one attached hydrogen (secondary N) is 1. The van der Waals surface area contributed by atoms with Crippen LogP contribution in [0.25, 0.3) is 48.7 Å². The summed E-state index contributed by atoms with van der Waals surface area (Å²) in [5.41, 5.74) is 3.96. The van der Waals surface area contributed by atoms with Crippen LogP contribution in [-0.4, -0.2) is 4.98 Å². The fraction of sp³-hybridized carbons (Fsp3) is 0.0435. The maximum atomic E-state index is 3.71. The lowest BCUT2D eigenvalue weighted by molar-refractivity contribution is 1.32. The van der Waals surface area contributed by atoms with E-state index >= 15 is 0 Å². The molecule has 2 aromatic heterocycles. The molecule has 1 nitrogen and oxygen atoms in total. The molecule has 0 unspecified atom stereocenters. The summed E-state index contributed by atoms with van der Waals surface area (Å²) in [6.07, 6.45) is 9.83. The minimum absolute atomic E-state index is 0.998. The number of hydrogen-bond acceptors (Lipinski definition) is 1. The number of fused-ring (bicyclic) bond motifs is 10. The van der Waals surface area contributed by atoms with Gasteiger partial charge in [-0.3, -0.25) is 0 Å². The molecule has 5 aromatic rings. The van der Waals surface area contributed by atoms with Gasteiger partial charge >= 0.3 is 0 Å². The minimum Gasteiger partial charge on any atom is -0.353 e. The number of benzene rings is 3. The first-order valence-electron chi connectivity index (χ1n) is 8.61. The number of H-pyrrole nitrogens is 1. The molecule has 1 aliphatic rings. The van der Waals surface area contributed by atoms with Gasteiger partial charge in [-0.2, -0.15) is 0 Å². The van der Waals surface area contributed by atoms with Crippen LogP contribution in [0.4, 0.5) is 0 Å². The Morgan fingerprint density at radius 1 is 0.800 bits per heavy atom. The van der Waals surface area contributed by atoms with Gasteiger partial charge in [-0.25, -0.2) is 0 Å². The highest BCUT2D eigenvalue weighted by Crippen LogP contribution is 2.45. The molecule has 0 spiro atoms. The first kappa shape index (κ1) is 13.5. The van der Waals surface area contributed by atoms with Crippen molar-refractivity contribution in [3.8, 4) is 0 Å². The van der Waals surface area contributed by atoms with Crippen molar-refractivity contribution >= 4 is 60.1 Å². The first-order chi connectivity index (χ1) is 12.4. The minimum atomic E-state index is 0.998. The summed E-state index contributed by atoms with van der Waals surface area (Å²) in [4.78, 5) is 5.09. The molecule has 2 heterocycles. The van der Waals surface area contributed by atoms with E-state index in [1.165, 1.54) is 53.1 Å². The lowest BCUT2D eigenvalue weighted by Crippen LogP contribution is -1.84. The van der Waals surface area contributed by atoms with E-state index in [1.807, 2.05) is 11.3 Å². The molecule has 0 saturated heterocycles. The van der Waals surface area contributed by atoms with Crippen LogP contribution in [0, 0.1) is 0 Å². The molecular weight excluding hydrogens is 322 g/mol. The normalized spacial score (nSPS) is 13.9. The molecule has 0 radical (unpaired) electrons. The zero-order valence-electron chi connectivity index (χ0n) is 13.5. The van der Waals surface area contributed by atoms with Gasteiger partial charge in [0.25, 0.3) is 0 Å². The Morgan fingerprint density at radius 2 is 1.56 bits per heavy atom. The standard InChI is InChI=1S/C23H15NS/c1-2-11-17-19(13-3-1)25-23-21(17)15-9-5-4-8-14(15)20-16-10-6-7-12-18(16)24-22(20)23/h1-10,12-13,24H,11H2. The van der Waals surface area contributed by atoms with Crippen molar-refractivity contribution in [2.45, 2.75) is 6.42 Å². The van der Waals surface area contributed by atoms with Gasteiger partial charge in [0, 0.05) is 26.6 Å². The number of hydrogen-bond donors (Lipinski definition) is 1. The SMILES string of the molecule is C1=CCc2c(sc3c4[nH]c5ccccc5c4c4ccccc4c23)C=C1. The van der Waals surface area contributed by atoms with Gasteiger partial charge in [0.05, 0.1) is 10.2 Å². The number of aromatic amines is 1. The number of aromatic nitrogens is 1. The highest BCUT2D eigenvalue weighted by molar-refractivity contribution is 7.21. The molecule has 0 aliphatic heterocycles. The van der Waals surface area contributed by atoms with Crippen LogP contribution in [0.1, 0.15) is 10.4 Å². The Morgan fingerprint density at radius 3 is 2.44 bits per heavy atom. The van der Waals surface area contributed by atoms with Crippen LogP contribution in [0.5, 0.6) is 0 Å². The van der Waals surface area contributed by atoms with Crippen molar-refractivity contribution in [1.82, 2.24) is 4.98 Å². The third-order valence-electron chi connectivity index (χ3n) is 5.25. The Hall–Kier alpha value is -2.84. The highest BCUT2D eigenvalue weighted by Gasteiger charge is 2.19. The molecule has 1 aliphatic carbocycles. The largest absolute Gasteiger partial charge is 0.353 e. The third-order valence-corrected chi connectivity index (χ3v) is 6.47. The van der Waals surface area contributed by atoms with Crippen LogP contribution in [-0.2, 0) is 6.42 Å². The molecular formula is C23H15NS. The number of allylic oxidation sites excluding steroid dienone is 3. The fourth-order valence-corrected chi connectivity index (χ4v) is 5.47. The maximum Gasteiger partial charge on any atom is 0.0652 e. The quantitative estimate of drug-likeness (QED) is 0.319. The summed E-state index contributed by atoms with van der Waals surface area (Å²) in [6.45, 7) is 0. The highest BCUT2D eigenvalue weighted by atomic mass is 32.1. The van der Waals surface area contributed by atoms with Crippen molar-refractivity contribution in [3.05, 3.63) is 77.2 Å². The molecule has 0 fully saturated rings. The van der Waals surface area contributed by atoms with Gasteiger partial charge in [-0.1, -0.05) is 60.7 Å². The average molecular weight is 337 g/mol. The first-order valence-corrected chi connectivity index (χ1v) is 9.43. The van der Waals surface area contributed by atoms with Gasteiger partial charge in [0.15, 0.2) is 0 Å². The summed E-state index contributed by atoms with van der Waals surface area (Å²) in [5.74, 6) is 0. The summed E-state index contributed by atoms with van der Waals surface area (Å²) in [7, 11) is 0. The second-order valence-corrected chi connectivity index (χ2v) is 7.66. The molecule has 2 heteroatoms. The molecule has 1 N–H and O–H groups in total. The van der Waals surface area contributed by atoms with Crippen LogP contribution in [0.15, 0.2) is 66.8 Å². The summed E-state index contributed by atoms with van der Waals surface area (Å²) in [6, 6.07) is 17.5. The number of thiophene rings is 1. The van der Waals surface area contributed by atoms with Crippen LogP contribution in [0.2, 0.25) is 0 Å². The summed E-state index contributed by atoms with van der Waals surface area (Å²) in [5, 5.41) is 6.81. The van der Waals surface area contributed by atoms with Crippen molar-refractivity contribution in [2.24, 2.45) is 0 Å². The zero-order chi connectivity index (χ0) is 16.4. The van der Waals surface area contributed by atoms with E-state index in [9.17, 15) is 0 Å². The Bertz CT molecular complexity index is 1360. The number of para-hydroxylation sites is 1. The maximum absolute atomic E-state index is 3.71. The predicted octanol–water partition coefficient (Wildman–Crippen LogP) is 6.81. The molecule has 0 amide bonds. The van der Waals surface area contributed by atoms with Crippen molar-refractivity contribution in [1.29, 1.82) is 0 Å². The summed E-state index contributed by atoms with van der Waals surface area (Å²) >= 11 is 1.91. The van der Waals surface area contributed by atoms with Crippen molar-refractivity contribution in [3.63, 3.8) is 0 Å². The second-order valence-electron chi connectivity index (χ2n) is 6.61. The van der Waals surface area contributed by atoms with Crippen LogP contribution in [0.3, 0.4) is 0 Å². The van der Waals surface area contributed by atoms with Gasteiger partial charge < -0.3 is 4.98 Å². The zero-order valence-corrected chi connectivity index (χ0v) is 14.4. The lowest BCUT2D eigenvalue weighted by atomic mass is 9.97. The molecule has 3 aromatic carbocycles. The van der Waals surface area contributed by atoms with Crippen molar-refractivity contribution < 1.29 is 0 Å². The van der Waals surface area contributed by atoms with E-state index in [0.717, 1.165) is 6.42 Å². The fourth-order valence-electron chi connectivity index (χ4n) is 4.20. The second kappa shape index (κ2) is 4.84. The Balaban J connectivity index is 1.97. The van der Waals surface area contributed by atoms with E-state index in [2.05, 4.69) is 77.8 Å². The van der Waals surface area contributed by atoms with Gasteiger partial charge in [-0.05, 0) is 34.9 Å². The van der Waals surface area contributed by atoms with Crippen LogP contribution < -0.4 is 0 Å². The van der Waals surface area contributed by atoms with Crippen LogP contribution >= 0.6 is 11.3 Å². The predicted molar refractivity (Wildman–Crippen MR) is 111 cm³/mol. The topological polar surface area (TPSA) is 15.8 Å². The molecule has 0 atom stereocenters. The molecule has 0 bridgehead atoms. The van der Waals surface area contributed by atoms with E-state index in [0.29, 0.717) is 0 Å². The molecule has 118 valence electrons. The van der Waals surface area contributed by atoms with E-state index in [-0.39, 0.29) is 0 Å². The Labute approximate surface area is 148 Å².